The fourth-order valence-corrected chi connectivity index (χ4v) is 2.83. The maximum atomic E-state index is 5.75. The van der Waals surface area contributed by atoms with Gasteiger partial charge < -0.3 is 5.73 Å². The molecule has 17 heavy (non-hydrogen) atoms. The lowest BCUT2D eigenvalue weighted by Crippen LogP contribution is -2.36. The van der Waals surface area contributed by atoms with Crippen molar-refractivity contribution in [2.75, 3.05) is 13.1 Å². The van der Waals surface area contributed by atoms with Gasteiger partial charge in [-0.25, -0.2) is 0 Å². The molecule has 0 unspecified atom stereocenters. The molecule has 0 aromatic heterocycles. The molecule has 0 radical (unpaired) electrons. The topological polar surface area (TPSA) is 29.3 Å². The highest BCUT2D eigenvalue weighted by atomic mass is 15.2. The predicted octanol–water partition coefficient (Wildman–Crippen LogP) is 2.70. The number of hydrogen-bond donors (Lipinski definition) is 1. The fourth-order valence-electron chi connectivity index (χ4n) is 2.83. The SMILES string of the molecule is Cc1ccccc1CN(CCN)C1CCCC1. The first-order valence-electron chi connectivity index (χ1n) is 6.80. The zero-order valence-electron chi connectivity index (χ0n) is 10.9. The van der Waals surface area contributed by atoms with Crippen LogP contribution in [0.2, 0.25) is 0 Å². The van der Waals surface area contributed by atoms with Crippen molar-refractivity contribution in [2.45, 2.75) is 45.2 Å². The largest absolute Gasteiger partial charge is 0.329 e. The highest BCUT2D eigenvalue weighted by molar-refractivity contribution is 5.25. The van der Waals surface area contributed by atoms with E-state index in [4.69, 9.17) is 5.73 Å². The van der Waals surface area contributed by atoms with Crippen molar-refractivity contribution in [2.24, 2.45) is 5.73 Å². The van der Waals surface area contributed by atoms with Crippen molar-refractivity contribution < 1.29 is 0 Å². The first-order chi connectivity index (χ1) is 8.31. The van der Waals surface area contributed by atoms with Crippen molar-refractivity contribution in [1.82, 2.24) is 4.90 Å². The van der Waals surface area contributed by atoms with Crippen LogP contribution in [0.3, 0.4) is 0 Å². The fraction of sp³-hybridized carbons (Fsp3) is 0.600. The first kappa shape index (κ1) is 12.6. The van der Waals surface area contributed by atoms with Crippen LogP contribution >= 0.6 is 0 Å². The maximum absolute atomic E-state index is 5.75. The Morgan fingerprint density at radius 3 is 2.59 bits per heavy atom. The molecule has 0 heterocycles. The van der Waals surface area contributed by atoms with E-state index >= 15 is 0 Å². The Morgan fingerprint density at radius 1 is 1.24 bits per heavy atom. The average molecular weight is 232 g/mol. The molecule has 1 saturated carbocycles. The van der Waals surface area contributed by atoms with Gasteiger partial charge in [0.15, 0.2) is 0 Å². The smallest absolute Gasteiger partial charge is 0.0239 e. The van der Waals surface area contributed by atoms with Crippen LogP contribution in [0, 0.1) is 6.92 Å². The van der Waals surface area contributed by atoms with Gasteiger partial charge in [-0.2, -0.15) is 0 Å². The summed E-state index contributed by atoms with van der Waals surface area (Å²) in [5.41, 5.74) is 8.59. The Hall–Kier alpha value is -0.860. The summed E-state index contributed by atoms with van der Waals surface area (Å²) in [5.74, 6) is 0. The van der Waals surface area contributed by atoms with Crippen molar-refractivity contribution in [3.05, 3.63) is 35.4 Å². The minimum absolute atomic E-state index is 0.762. The Labute approximate surface area is 105 Å². The Morgan fingerprint density at radius 2 is 1.94 bits per heavy atom. The normalized spacial score (nSPS) is 16.9. The van der Waals surface area contributed by atoms with E-state index in [-0.39, 0.29) is 0 Å². The van der Waals surface area contributed by atoms with Crippen LogP contribution in [-0.2, 0) is 6.54 Å². The van der Waals surface area contributed by atoms with E-state index in [0.717, 1.165) is 25.7 Å². The lowest BCUT2D eigenvalue weighted by Gasteiger charge is -2.29. The van der Waals surface area contributed by atoms with Crippen LogP contribution in [0.1, 0.15) is 36.8 Å². The third-order valence-electron chi connectivity index (χ3n) is 3.89. The Kier molecular flexibility index (Phi) is 4.57. The van der Waals surface area contributed by atoms with Crippen LogP contribution in [0.5, 0.6) is 0 Å². The molecule has 2 rings (SSSR count). The van der Waals surface area contributed by atoms with E-state index in [1.165, 1.54) is 36.8 Å². The number of nitrogens with zero attached hydrogens (tertiary/aromatic N) is 1. The lowest BCUT2D eigenvalue weighted by molar-refractivity contribution is 0.195. The summed E-state index contributed by atoms with van der Waals surface area (Å²) in [5, 5.41) is 0. The van der Waals surface area contributed by atoms with Crippen LogP contribution in [0.4, 0.5) is 0 Å². The number of nitrogens with two attached hydrogens (primary N) is 1. The third kappa shape index (κ3) is 3.30. The monoisotopic (exact) mass is 232 g/mol. The predicted molar refractivity (Wildman–Crippen MR) is 72.9 cm³/mol. The molecule has 1 aliphatic carbocycles. The van der Waals surface area contributed by atoms with Gasteiger partial charge in [-0.15, -0.1) is 0 Å². The minimum Gasteiger partial charge on any atom is -0.329 e. The summed E-state index contributed by atoms with van der Waals surface area (Å²) in [6, 6.07) is 9.45. The quantitative estimate of drug-likeness (QED) is 0.845. The van der Waals surface area contributed by atoms with Crippen molar-refractivity contribution in [1.29, 1.82) is 0 Å². The van der Waals surface area contributed by atoms with E-state index in [2.05, 4.69) is 36.1 Å². The van der Waals surface area contributed by atoms with Gasteiger partial charge in [0.05, 0.1) is 0 Å². The molecule has 1 aromatic rings. The zero-order valence-corrected chi connectivity index (χ0v) is 10.9. The maximum Gasteiger partial charge on any atom is 0.0239 e. The summed E-state index contributed by atoms with van der Waals surface area (Å²) < 4.78 is 0. The van der Waals surface area contributed by atoms with Crippen LogP contribution in [0.15, 0.2) is 24.3 Å². The van der Waals surface area contributed by atoms with Gasteiger partial charge in [0.2, 0.25) is 0 Å². The molecule has 1 aromatic carbocycles. The van der Waals surface area contributed by atoms with Crippen LogP contribution in [-0.4, -0.2) is 24.0 Å². The summed E-state index contributed by atoms with van der Waals surface area (Å²) >= 11 is 0. The van der Waals surface area contributed by atoms with E-state index < -0.39 is 0 Å². The standard InChI is InChI=1S/C15H24N2/c1-13-6-2-3-7-14(13)12-17(11-10-16)15-8-4-5-9-15/h2-3,6-7,15H,4-5,8-12,16H2,1H3. The second-order valence-electron chi connectivity index (χ2n) is 5.12. The van der Waals surface area contributed by atoms with Gasteiger partial charge in [-0.3, -0.25) is 4.90 Å². The molecule has 0 amide bonds. The van der Waals surface area contributed by atoms with Gasteiger partial charge in [-0.05, 0) is 30.9 Å². The van der Waals surface area contributed by atoms with Gasteiger partial charge in [0.25, 0.3) is 0 Å². The van der Waals surface area contributed by atoms with Gasteiger partial charge >= 0.3 is 0 Å². The summed E-state index contributed by atoms with van der Waals surface area (Å²) in [4.78, 5) is 2.58. The molecular formula is C15H24N2. The van der Waals surface area contributed by atoms with Crippen LogP contribution < -0.4 is 5.73 Å². The summed E-state index contributed by atoms with van der Waals surface area (Å²) in [7, 11) is 0. The molecule has 0 spiro atoms. The summed E-state index contributed by atoms with van der Waals surface area (Å²) in [6.45, 7) is 5.06. The highest BCUT2D eigenvalue weighted by Crippen LogP contribution is 2.25. The number of aryl methyl sites for hydroxylation is 1. The Bertz CT molecular complexity index is 343. The second-order valence-corrected chi connectivity index (χ2v) is 5.12. The zero-order chi connectivity index (χ0) is 12.1. The third-order valence-corrected chi connectivity index (χ3v) is 3.89. The van der Waals surface area contributed by atoms with Crippen molar-refractivity contribution >= 4 is 0 Å². The number of hydrogen-bond acceptors (Lipinski definition) is 2. The molecule has 2 heteroatoms. The van der Waals surface area contributed by atoms with Crippen molar-refractivity contribution in [3.63, 3.8) is 0 Å². The Balaban J connectivity index is 2.04. The number of rotatable bonds is 5. The van der Waals surface area contributed by atoms with E-state index in [1.54, 1.807) is 0 Å². The molecular weight excluding hydrogens is 208 g/mol. The van der Waals surface area contributed by atoms with Gasteiger partial charge in [0, 0.05) is 25.7 Å². The average Bonchev–Trinajstić information content (AvgIpc) is 2.85. The molecule has 0 aliphatic heterocycles. The highest BCUT2D eigenvalue weighted by Gasteiger charge is 2.22. The van der Waals surface area contributed by atoms with E-state index in [1.807, 2.05) is 0 Å². The molecule has 94 valence electrons. The molecule has 0 atom stereocenters. The molecule has 0 saturated heterocycles. The second kappa shape index (κ2) is 6.18. The first-order valence-corrected chi connectivity index (χ1v) is 6.80. The van der Waals surface area contributed by atoms with Crippen molar-refractivity contribution in [3.8, 4) is 0 Å². The molecule has 0 bridgehead atoms. The number of benzene rings is 1. The van der Waals surface area contributed by atoms with E-state index in [9.17, 15) is 0 Å². The molecule has 1 aliphatic rings. The lowest BCUT2D eigenvalue weighted by atomic mass is 10.1. The minimum atomic E-state index is 0.762. The van der Waals surface area contributed by atoms with Gasteiger partial charge in [0.1, 0.15) is 0 Å². The molecule has 1 fully saturated rings. The molecule has 2 N–H and O–H groups in total. The molecule has 2 nitrogen and oxygen atoms in total. The van der Waals surface area contributed by atoms with E-state index in [0.29, 0.717) is 0 Å². The van der Waals surface area contributed by atoms with Crippen LogP contribution in [0.25, 0.3) is 0 Å². The van der Waals surface area contributed by atoms with Gasteiger partial charge in [-0.1, -0.05) is 37.1 Å². The summed E-state index contributed by atoms with van der Waals surface area (Å²) in [6.07, 6.45) is 5.48.